The minimum atomic E-state index is -0.293. The number of nitrogens with one attached hydrogen (secondary N) is 2. The van der Waals surface area contributed by atoms with E-state index in [9.17, 15) is 9.59 Å². The van der Waals surface area contributed by atoms with Gasteiger partial charge in [-0.25, -0.2) is 4.98 Å². The number of thioether (sulfide) groups is 1. The number of nitrogens with zero attached hydrogens (tertiary/aromatic N) is 1. The molecule has 2 aromatic carbocycles. The summed E-state index contributed by atoms with van der Waals surface area (Å²) in [6.45, 7) is 5.79. The molecule has 3 aromatic rings. The van der Waals surface area contributed by atoms with Crippen LogP contribution in [0.5, 0.6) is 5.75 Å². The summed E-state index contributed by atoms with van der Waals surface area (Å²) in [5.74, 6) is 0.275. The highest BCUT2D eigenvalue weighted by atomic mass is 32.2. The van der Waals surface area contributed by atoms with Gasteiger partial charge in [-0.15, -0.1) is 0 Å². The molecule has 3 rings (SSSR count). The lowest BCUT2D eigenvalue weighted by atomic mass is 10.1. The quantitative estimate of drug-likeness (QED) is 0.459. The zero-order valence-corrected chi connectivity index (χ0v) is 19.5. The summed E-state index contributed by atoms with van der Waals surface area (Å²) in [6.07, 6.45) is 0.829. The van der Waals surface area contributed by atoms with E-state index < -0.39 is 0 Å². The Kier molecular flexibility index (Phi) is 7.89. The molecule has 0 aliphatic heterocycles. The number of amides is 2. The molecule has 166 valence electrons. The molecule has 0 aliphatic rings. The number of aryl methyl sites for hydroxylation is 3. The standard InChI is InChI=1S/C25H27N3O3S/c1-5-18-10-6-7-11-19(18)27-22(29)15-32-25-23(16(2)14-17(3)26-25)24(30)28-20-12-8-9-13-21(20)31-4/h6-14H,5,15H2,1-4H3,(H,27,29)(H,28,30). The number of ether oxygens (including phenoxy) is 1. The van der Waals surface area contributed by atoms with Crippen LogP contribution in [0, 0.1) is 13.8 Å². The Balaban J connectivity index is 1.78. The van der Waals surface area contributed by atoms with Crippen LogP contribution in [0.25, 0.3) is 0 Å². The molecule has 0 unspecified atom stereocenters. The summed E-state index contributed by atoms with van der Waals surface area (Å²) in [4.78, 5) is 30.3. The number of methoxy groups -OCH3 is 1. The Labute approximate surface area is 192 Å². The predicted octanol–water partition coefficient (Wildman–Crippen LogP) is 5.25. The van der Waals surface area contributed by atoms with Crippen LogP contribution in [0.1, 0.15) is 34.1 Å². The number of hydrogen-bond donors (Lipinski definition) is 2. The summed E-state index contributed by atoms with van der Waals surface area (Å²) in [5, 5.41) is 6.39. The lowest BCUT2D eigenvalue weighted by molar-refractivity contribution is -0.113. The van der Waals surface area contributed by atoms with Crippen molar-refractivity contribution >= 4 is 35.0 Å². The van der Waals surface area contributed by atoms with E-state index in [1.807, 2.05) is 63.2 Å². The molecular formula is C25H27N3O3S. The number of carbonyl (C=O) groups excluding carboxylic acids is 2. The summed E-state index contributed by atoms with van der Waals surface area (Å²) in [5.41, 5.74) is 4.49. The van der Waals surface area contributed by atoms with Crippen molar-refractivity contribution < 1.29 is 14.3 Å². The highest BCUT2D eigenvalue weighted by Crippen LogP contribution is 2.28. The van der Waals surface area contributed by atoms with Gasteiger partial charge in [0.05, 0.1) is 24.1 Å². The molecule has 6 nitrogen and oxygen atoms in total. The number of carbonyl (C=O) groups is 2. The fraction of sp³-hybridized carbons (Fsp3) is 0.240. The van der Waals surface area contributed by atoms with E-state index in [1.54, 1.807) is 19.2 Å². The minimum Gasteiger partial charge on any atom is -0.495 e. The van der Waals surface area contributed by atoms with E-state index in [4.69, 9.17) is 4.74 Å². The largest absolute Gasteiger partial charge is 0.495 e. The third kappa shape index (κ3) is 5.68. The molecule has 1 aromatic heterocycles. The first-order valence-corrected chi connectivity index (χ1v) is 11.3. The normalized spacial score (nSPS) is 10.5. The van der Waals surface area contributed by atoms with Crippen molar-refractivity contribution in [2.45, 2.75) is 32.2 Å². The average Bonchev–Trinajstić information content (AvgIpc) is 2.78. The average molecular weight is 450 g/mol. The number of anilines is 2. The maximum atomic E-state index is 13.1. The Hall–Kier alpha value is -3.32. The maximum Gasteiger partial charge on any atom is 0.258 e. The Morgan fingerprint density at radius 1 is 1.00 bits per heavy atom. The van der Waals surface area contributed by atoms with E-state index in [0.717, 1.165) is 28.9 Å². The molecule has 0 saturated carbocycles. The van der Waals surface area contributed by atoms with Crippen molar-refractivity contribution in [1.29, 1.82) is 0 Å². The third-order valence-electron chi connectivity index (χ3n) is 4.91. The molecule has 0 aliphatic carbocycles. The number of pyridine rings is 1. The van der Waals surface area contributed by atoms with E-state index in [0.29, 0.717) is 22.0 Å². The minimum absolute atomic E-state index is 0.142. The van der Waals surface area contributed by atoms with Crippen molar-refractivity contribution in [3.63, 3.8) is 0 Å². The molecule has 0 spiro atoms. The van der Waals surface area contributed by atoms with Crippen LogP contribution in [0.2, 0.25) is 0 Å². The predicted molar refractivity (Wildman–Crippen MR) is 130 cm³/mol. The molecule has 2 amide bonds. The van der Waals surface area contributed by atoms with E-state index in [-0.39, 0.29) is 17.6 Å². The van der Waals surface area contributed by atoms with Crippen molar-refractivity contribution in [2.75, 3.05) is 23.5 Å². The Morgan fingerprint density at radius 3 is 2.41 bits per heavy atom. The Morgan fingerprint density at radius 2 is 1.69 bits per heavy atom. The zero-order valence-electron chi connectivity index (χ0n) is 18.7. The monoisotopic (exact) mass is 449 g/mol. The van der Waals surface area contributed by atoms with Crippen LogP contribution in [-0.2, 0) is 11.2 Å². The number of rotatable bonds is 8. The summed E-state index contributed by atoms with van der Waals surface area (Å²) in [6, 6.07) is 16.8. The van der Waals surface area contributed by atoms with Gasteiger partial charge in [-0.2, -0.15) is 0 Å². The molecule has 7 heteroatoms. The highest BCUT2D eigenvalue weighted by Gasteiger charge is 2.19. The SMILES string of the molecule is CCc1ccccc1NC(=O)CSc1nc(C)cc(C)c1C(=O)Nc1ccccc1OC. The molecule has 2 N–H and O–H groups in total. The van der Waals surface area contributed by atoms with Gasteiger partial charge in [-0.05, 0) is 55.7 Å². The fourth-order valence-electron chi connectivity index (χ4n) is 3.39. The molecule has 1 heterocycles. The molecule has 32 heavy (non-hydrogen) atoms. The molecule has 0 radical (unpaired) electrons. The van der Waals surface area contributed by atoms with Gasteiger partial charge in [-0.3, -0.25) is 9.59 Å². The first-order chi connectivity index (χ1) is 15.4. The second-order valence-electron chi connectivity index (χ2n) is 7.26. The van der Waals surface area contributed by atoms with Gasteiger partial charge in [0.25, 0.3) is 5.91 Å². The molecular weight excluding hydrogens is 422 g/mol. The molecule has 0 bridgehead atoms. The van der Waals surface area contributed by atoms with Crippen LogP contribution in [0.3, 0.4) is 0 Å². The fourth-order valence-corrected chi connectivity index (χ4v) is 4.33. The van der Waals surface area contributed by atoms with Gasteiger partial charge in [0.2, 0.25) is 5.91 Å². The van der Waals surface area contributed by atoms with Crippen LogP contribution in [0.15, 0.2) is 59.6 Å². The third-order valence-corrected chi connectivity index (χ3v) is 5.88. The lowest BCUT2D eigenvalue weighted by Gasteiger charge is -2.15. The van der Waals surface area contributed by atoms with Gasteiger partial charge >= 0.3 is 0 Å². The first kappa shape index (κ1) is 23.3. The van der Waals surface area contributed by atoms with E-state index >= 15 is 0 Å². The van der Waals surface area contributed by atoms with Crippen LogP contribution in [-0.4, -0.2) is 29.7 Å². The van der Waals surface area contributed by atoms with Crippen LogP contribution < -0.4 is 15.4 Å². The maximum absolute atomic E-state index is 13.1. The van der Waals surface area contributed by atoms with Crippen molar-refractivity contribution in [2.24, 2.45) is 0 Å². The van der Waals surface area contributed by atoms with Gasteiger partial charge in [0, 0.05) is 11.4 Å². The molecule has 0 atom stereocenters. The number of aromatic nitrogens is 1. The van der Waals surface area contributed by atoms with E-state index in [1.165, 1.54) is 11.8 Å². The van der Waals surface area contributed by atoms with Gasteiger partial charge < -0.3 is 15.4 Å². The Bertz CT molecular complexity index is 1130. The van der Waals surface area contributed by atoms with Crippen molar-refractivity contribution in [3.05, 3.63) is 77.0 Å². The summed E-state index contributed by atoms with van der Waals surface area (Å²) >= 11 is 1.25. The van der Waals surface area contributed by atoms with E-state index in [2.05, 4.69) is 15.6 Å². The summed E-state index contributed by atoms with van der Waals surface area (Å²) < 4.78 is 5.33. The highest BCUT2D eigenvalue weighted by molar-refractivity contribution is 8.00. The lowest BCUT2D eigenvalue weighted by Crippen LogP contribution is -2.18. The van der Waals surface area contributed by atoms with Crippen molar-refractivity contribution in [1.82, 2.24) is 4.98 Å². The van der Waals surface area contributed by atoms with Crippen LogP contribution >= 0.6 is 11.8 Å². The second-order valence-corrected chi connectivity index (χ2v) is 8.23. The second kappa shape index (κ2) is 10.8. The van der Waals surface area contributed by atoms with Gasteiger partial charge in [-0.1, -0.05) is 49.0 Å². The zero-order chi connectivity index (χ0) is 23.1. The van der Waals surface area contributed by atoms with Crippen molar-refractivity contribution in [3.8, 4) is 5.75 Å². The van der Waals surface area contributed by atoms with Crippen LogP contribution in [0.4, 0.5) is 11.4 Å². The number of para-hydroxylation sites is 3. The topological polar surface area (TPSA) is 80.3 Å². The molecule has 0 fully saturated rings. The summed E-state index contributed by atoms with van der Waals surface area (Å²) in [7, 11) is 1.56. The first-order valence-electron chi connectivity index (χ1n) is 10.4. The smallest absolute Gasteiger partial charge is 0.258 e. The number of benzene rings is 2. The number of hydrogen-bond acceptors (Lipinski definition) is 5. The van der Waals surface area contributed by atoms with Gasteiger partial charge in [0.15, 0.2) is 0 Å². The molecule has 0 saturated heterocycles. The van der Waals surface area contributed by atoms with Gasteiger partial charge in [0.1, 0.15) is 10.8 Å².